The fraction of sp³-hybridized carbons (Fsp3) is 0.500. The molecule has 0 aliphatic carbocycles. The lowest BCUT2D eigenvalue weighted by Crippen LogP contribution is -2.42. The Bertz CT molecular complexity index is 468. The molecule has 0 spiro atoms. The fourth-order valence-corrected chi connectivity index (χ4v) is 2.38. The van der Waals surface area contributed by atoms with Gasteiger partial charge < -0.3 is 10.4 Å². The Morgan fingerprint density at radius 3 is 2.38 bits per heavy atom. The quantitative estimate of drug-likeness (QED) is 0.813. The second-order valence-electron chi connectivity index (χ2n) is 5.88. The van der Waals surface area contributed by atoms with Crippen molar-refractivity contribution in [3.8, 4) is 0 Å². The predicted octanol–water partition coefficient (Wildman–Crippen LogP) is 2.72. The number of rotatable bonds is 7. The van der Waals surface area contributed by atoms with E-state index in [4.69, 9.17) is 0 Å². The minimum atomic E-state index is -0.986. The molecule has 1 amide bonds. The van der Waals surface area contributed by atoms with Gasteiger partial charge in [0.1, 0.15) is 6.04 Å². The molecule has 2 N–H and O–H groups in total. The molecule has 1 aromatic rings. The van der Waals surface area contributed by atoms with Crippen molar-refractivity contribution < 1.29 is 14.7 Å². The maximum atomic E-state index is 11.8. The Hall–Kier alpha value is -1.49. The van der Waals surface area contributed by atoms with Crippen molar-refractivity contribution >= 4 is 23.6 Å². The van der Waals surface area contributed by atoms with Gasteiger partial charge in [0.15, 0.2) is 0 Å². The van der Waals surface area contributed by atoms with Gasteiger partial charge in [0, 0.05) is 4.75 Å². The molecule has 0 saturated heterocycles. The van der Waals surface area contributed by atoms with Crippen LogP contribution in [0.4, 0.5) is 0 Å². The second-order valence-corrected chi connectivity index (χ2v) is 7.69. The highest BCUT2D eigenvalue weighted by molar-refractivity contribution is 8.01. The number of benzene rings is 1. The highest BCUT2D eigenvalue weighted by atomic mass is 32.2. The zero-order valence-corrected chi connectivity index (χ0v) is 13.6. The first-order valence-corrected chi connectivity index (χ1v) is 7.96. The van der Waals surface area contributed by atoms with Crippen LogP contribution in [0.25, 0.3) is 0 Å². The van der Waals surface area contributed by atoms with E-state index in [0.29, 0.717) is 12.8 Å². The molecule has 1 rings (SSSR count). The van der Waals surface area contributed by atoms with Gasteiger partial charge in [0.25, 0.3) is 0 Å². The molecule has 0 unspecified atom stereocenters. The van der Waals surface area contributed by atoms with E-state index in [1.165, 1.54) is 11.8 Å². The van der Waals surface area contributed by atoms with Crippen LogP contribution in [0.3, 0.4) is 0 Å². The number of nitrogens with one attached hydrogen (secondary N) is 1. The first kappa shape index (κ1) is 17.6. The second kappa shape index (κ2) is 8.08. The number of hydrogen-bond donors (Lipinski definition) is 2. The van der Waals surface area contributed by atoms with Gasteiger partial charge >= 0.3 is 5.97 Å². The zero-order chi connectivity index (χ0) is 15.9. The molecule has 21 heavy (non-hydrogen) atoms. The van der Waals surface area contributed by atoms with Crippen molar-refractivity contribution in [1.29, 1.82) is 0 Å². The monoisotopic (exact) mass is 309 g/mol. The van der Waals surface area contributed by atoms with Crippen molar-refractivity contribution in [2.24, 2.45) is 0 Å². The smallest absolute Gasteiger partial charge is 0.326 e. The lowest BCUT2D eigenvalue weighted by molar-refractivity contribution is -0.141. The number of aryl methyl sites for hydroxylation is 1. The number of carbonyl (C=O) groups is 2. The molecule has 1 aromatic carbocycles. The molecule has 1 atom stereocenters. The number of carboxylic acids is 1. The Labute approximate surface area is 130 Å². The van der Waals surface area contributed by atoms with Crippen LogP contribution in [0.1, 0.15) is 32.8 Å². The molecule has 4 nitrogen and oxygen atoms in total. The SMILES string of the molecule is CC(C)(C)SCC(=O)N[C@@H](CCc1ccccc1)C(=O)O. The summed E-state index contributed by atoms with van der Waals surface area (Å²) in [4.78, 5) is 23.1. The van der Waals surface area contributed by atoms with Crippen LogP contribution in [0.5, 0.6) is 0 Å². The fourth-order valence-electron chi connectivity index (χ4n) is 1.73. The summed E-state index contributed by atoms with van der Waals surface area (Å²) in [6, 6.07) is 8.84. The molecule has 0 aromatic heterocycles. The van der Waals surface area contributed by atoms with E-state index >= 15 is 0 Å². The topological polar surface area (TPSA) is 66.4 Å². The van der Waals surface area contributed by atoms with E-state index in [9.17, 15) is 14.7 Å². The number of aliphatic carboxylic acids is 1. The van der Waals surface area contributed by atoms with Crippen LogP contribution in [0.15, 0.2) is 30.3 Å². The van der Waals surface area contributed by atoms with E-state index in [1.54, 1.807) is 0 Å². The van der Waals surface area contributed by atoms with Crippen molar-refractivity contribution in [2.45, 2.75) is 44.4 Å². The third-order valence-corrected chi connectivity index (χ3v) is 4.11. The van der Waals surface area contributed by atoms with Gasteiger partial charge in [0.2, 0.25) is 5.91 Å². The Morgan fingerprint density at radius 2 is 1.86 bits per heavy atom. The lowest BCUT2D eigenvalue weighted by atomic mass is 10.1. The largest absolute Gasteiger partial charge is 0.480 e. The standard InChI is InChI=1S/C16H23NO3S/c1-16(2,3)21-11-14(18)17-13(15(19)20)10-9-12-7-5-4-6-8-12/h4-8,13H,9-11H2,1-3H3,(H,17,18)(H,19,20)/t13-/m0/s1. The molecule has 0 fully saturated rings. The van der Waals surface area contributed by atoms with Crippen molar-refractivity contribution in [3.63, 3.8) is 0 Å². The van der Waals surface area contributed by atoms with Crippen LogP contribution in [-0.2, 0) is 16.0 Å². The van der Waals surface area contributed by atoms with E-state index < -0.39 is 12.0 Å². The molecule has 0 bridgehead atoms. The Kier molecular flexibility index (Phi) is 6.75. The molecule has 0 aliphatic heterocycles. The van der Waals surface area contributed by atoms with Gasteiger partial charge in [-0.25, -0.2) is 4.79 Å². The van der Waals surface area contributed by atoms with Gasteiger partial charge in [-0.1, -0.05) is 51.1 Å². The number of carboxylic acid groups (broad SMARTS) is 1. The van der Waals surface area contributed by atoms with Crippen LogP contribution < -0.4 is 5.32 Å². The first-order valence-electron chi connectivity index (χ1n) is 6.98. The summed E-state index contributed by atoms with van der Waals surface area (Å²) in [6.45, 7) is 6.07. The maximum absolute atomic E-state index is 11.8. The summed E-state index contributed by atoms with van der Waals surface area (Å²) in [7, 11) is 0. The van der Waals surface area contributed by atoms with Gasteiger partial charge in [0.05, 0.1) is 5.75 Å². The summed E-state index contributed by atoms with van der Waals surface area (Å²) >= 11 is 1.50. The van der Waals surface area contributed by atoms with Crippen molar-refractivity contribution in [2.75, 3.05) is 5.75 Å². The van der Waals surface area contributed by atoms with E-state index in [0.717, 1.165) is 5.56 Å². The summed E-state index contributed by atoms with van der Waals surface area (Å²) in [6.07, 6.45) is 1.02. The summed E-state index contributed by atoms with van der Waals surface area (Å²) in [5, 5.41) is 11.8. The minimum Gasteiger partial charge on any atom is -0.480 e. The molecular formula is C16H23NO3S. The molecule has 0 heterocycles. The number of amides is 1. The third-order valence-electron chi connectivity index (χ3n) is 2.83. The first-order chi connectivity index (χ1) is 9.78. The zero-order valence-electron chi connectivity index (χ0n) is 12.8. The van der Waals surface area contributed by atoms with Gasteiger partial charge in [-0.15, -0.1) is 11.8 Å². The molecule has 0 saturated carbocycles. The highest BCUT2D eigenvalue weighted by Crippen LogP contribution is 2.22. The molecule has 0 aliphatic rings. The highest BCUT2D eigenvalue weighted by Gasteiger charge is 2.21. The predicted molar refractivity (Wildman–Crippen MR) is 86.5 cm³/mol. The Balaban J connectivity index is 2.46. The van der Waals surface area contributed by atoms with Gasteiger partial charge in [-0.05, 0) is 18.4 Å². The van der Waals surface area contributed by atoms with Crippen LogP contribution >= 0.6 is 11.8 Å². The van der Waals surface area contributed by atoms with Crippen LogP contribution in [0, 0.1) is 0 Å². The third kappa shape index (κ3) is 7.75. The summed E-state index contributed by atoms with van der Waals surface area (Å²) in [5.74, 6) is -0.936. The molecule has 5 heteroatoms. The van der Waals surface area contributed by atoms with Crippen molar-refractivity contribution in [1.82, 2.24) is 5.32 Å². The number of thioether (sulfide) groups is 1. The normalized spacial score (nSPS) is 12.7. The van der Waals surface area contributed by atoms with Gasteiger partial charge in [-0.2, -0.15) is 0 Å². The average Bonchev–Trinajstić information content (AvgIpc) is 2.41. The molecule has 116 valence electrons. The minimum absolute atomic E-state index is 0.0138. The van der Waals surface area contributed by atoms with Crippen LogP contribution in [-0.4, -0.2) is 33.5 Å². The van der Waals surface area contributed by atoms with Gasteiger partial charge in [-0.3, -0.25) is 4.79 Å². The van der Waals surface area contributed by atoms with Crippen LogP contribution in [0.2, 0.25) is 0 Å². The Morgan fingerprint density at radius 1 is 1.24 bits per heavy atom. The summed E-state index contributed by atoms with van der Waals surface area (Å²) < 4.78 is -0.0138. The maximum Gasteiger partial charge on any atom is 0.326 e. The molecule has 0 radical (unpaired) electrons. The van der Waals surface area contributed by atoms with E-state index in [1.807, 2.05) is 51.1 Å². The molecular weight excluding hydrogens is 286 g/mol. The van der Waals surface area contributed by atoms with E-state index in [-0.39, 0.29) is 16.4 Å². The lowest BCUT2D eigenvalue weighted by Gasteiger charge is -2.19. The number of carbonyl (C=O) groups excluding carboxylic acids is 1. The number of hydrogen-bond acceptors (Lipinski definition) is 3. The summed E-state index contributed by atoms with van der Waals surface area (Å²) in [5.41, 5.74) is 1.07. The van der Waals surface area contributed by atoms with E-state index in [2.05, 4.69) is 5.32 Å². The average molecular weight is 309 g/mol. The van der Waals surface area contributed by atoms with Crippen molar-refractivity contribution in [3.05, 3.63) is 35.9 Å².